The van der Waals surface area contributed by atoms with Crippen molar-refractivity contribution in [2.45, 2.75) is 94.1 Å². The number of hydrogen-bond donors (Lipinski definition) is 2. The second kappa shape index (κ2) is 15.2. The van der Waals surface area contributed by atoms with Gasteiger partial charge in [-0.1, -0.05) is 6.92 Å². The van der Waals surface area contributed by atoms with Gasteiger partial charge in [0.1, 0.15) is 34.5 Å². The molecule has 0 unspecified atom stereocenters. The zero-order valence-electron chi connectivity index (χ0n) is 30.4. The van der Waals surface area contributed by atoms with E-state index in [0.717, 1.165) is 63.1 Å². The van der Waals surface area contributed by atoms with Crippen LogP contribution in [0.1, 0.15) is 83.2 Å². The average molecular weight is 747 g/mol. The van der Waals surface area contributed by atoms with Crippen molar-refractivity contribution in [3.05, 3.63) is 48.2 Å². The van der Waals surface area contributed by atoms with Crippen molar-refractivity contribution >= 4 is 46.2 Å². The van der Waals surface area contributed by atoms with Crippen LogP contribution in [0.15, 0.2) is 41.6 Å². The minimum absolute atomic E-state index is 0.114. The Morgan fingerprint density at radius 1 is 1.04 bits per heavy atom. The summed E-state index contributed by atoms with van der Waals surface area (Å²) in [4.78, 5) is 59.7. The van der Waals surface area contributed by atoms with Crippen LogP contribution in [0.2, 0.25) is 0 Å². The largest absolute Gasteiger partial charge is 0.485 e. The van der Waals surface area contributed by atoms with E-state index in [2.05, 4.69) is 32.4 Å². The molecule has 3 fully saturated rings. The summed E-state index contributed by atoms with van der Waals surface area (Å²) in [5.74, 6) is 2.98. The molecule has 2 aromatic heterocycles. The van der Waals surface area contributed by atoms with Crippen LogP contribution in [-0.2, 0) is 31.5 Å². The van der Waals surface area contributed by atoms with Crippen LogP contribution in [0, 0.1) is 0 Å². The Labute approximate surface area is 311 Å². The number of amides is 3. The zero-order valence-corrected chi connectivity index (χ0v) is 31.2. The number of nitrogens with one attached hydrogen (secondary N) is 2. The number of carbonyl (C=O) groups is 3. The molecule has 5 heterocycles. The fraction of sp³-hybridized carbons (Fsp3) is 0.541. The van der Waals surface area contributed by atoms with E-state index in [-0.39, 0.29) is 37.1 Å². The van der Waals surface area contributed by atoms with E-state index in [0.29, 0.717) is 52.6 Å². The molecular formula is C37H46N8O7S. The van der Waals surface area contributed by atoms with Crippen molar-refractivity contribution in [3.63, 3.8) is 0 Å². The van der Waals surface area contributed by atoms with Gasteiger partial charge in [-0.25, -0.2) is 24.5 Å². The number of carbonyl (C=O) groups excluding carboxylic acids is 3. The van der Waals surface area contributed by atoms with Crippen LogP contribution in [-0.4, -0.2) is 91.8 Å². The summed E-state index contributed by atoms with van der Waals surface area (Å²) in [6.07, 6.45) is 9.43. The zero-order chi connectivity index (χ0) is 37.2. The molecule has 7 rings (SSSR count). The number of urea groups is 1. The van der Waals surface area contributed by atoms with Crippen molar-refractivity contribution in [3.8, 4) is 11.5 Å². The molecule has 2 N–H and O–H groups in total. The monoisotopic (exact) mass is 746 g/mol. The molecule has 1 aliphatic carbocycles. The predicted molar refractivity (Wildman–Crippen MR) is 197 cm³/mol. The Morgan fingerprint density at radius 2 is 1.77 bits per heavy atom. The highest BCUT2D eigenvalue weighted by atomic mass is 32.2. The van der Waals surface area contributed by atoms with Gasteiger partial charge in [0.25, 0.3) is 0 Å². The Bertz CT molecular complexity index is 1860. The van der Waals surface area contributed by atoms with Crippen molar-refractivity contribution in [1.29, 1.82) is 0 Å². The molecule has 1 saturated carbocycles. The van der Waals surface area contributed by atoms with Crippen molar-refractivity contribution < 1.29 is 32.8 Å². The summed E-state index contributed by atoms with van der Waals surface area (Å²) >= 11 is 0. The minimum Gasteiger partial charge on any atom is -0.485 e. The lowest BCUT2D eigenvalue weighted by atomic mass is 9.77. The highest BCUT2D eigenvalue weighted by Crippen LogP contribution is 2.39. The molecule has 3 aliphatic heterocycles. The van der Waals surface area contributed by atoms with Gasteiger partial charge < -0.3 is 24.4 Å². The van der Waals surface area contributed by atoms with Crippen LogP contribution in [0.4, 0.5) is 22.2 Å². The number of imide groups is 1. The number of nitrogens with zero attached hydrogens (tertiary/aromatic N) is 6. The quantitative estimate of drug-likeness (QED) is 0.237. The third-order valence-electron chi connectivity index (χ3n) is 10.5. The summed E-state index contributed by atoms with van der Waals surface area (Å²) in [6.45, 7) is 7.76. The lowest BCUT2D eigenvalue weighted by Gasteiger charge is -2.42. The van der Waals surface area contributed by atoms with E-state index in [1.54, 1.807) is 36.7 Å². The van der Waals surface area contributed by atoms with Crippen LogP contribution in [0.25, 0.3) is 0 Å². The summed E-state index contributed by atoms with van der Waals surface area (Å²) < 4.78 is 30.5. The maximum absolute atomic E-state index is 13.1. The fourth-order valence-electron chi connectivity index (χ4n) is 6.82. The average Bonchev–Trinajstić information content (AvgIpc) is 3.52. The first-order chi connectivity index (χ1) is 25.5. The number of fused-ring (bicyclic) bond motifs is 1. The van der Waals surface area contributed by atoms with E-state index >= 15 is 0 Å². The molecule has 282 valence electrons. The number of aromatic nitrogens is 4. The Kier molecular flexibility index (Phi) is 10.5. The predicted octanol–water partition coefficient (Wildman–Crippen LogP) is 4.28. The van der Waals surface area contributed by atoms with Gasteiger partial charge in [0.15, 0.2) is 12.4 Å². The number of ether oxygens (including phenoxy) is 3. The first-order valence-electron chi connectivity index (χ1n) is 18.3. The summed E-state index contributed by atoms with van der Waals surface area (Å²) in [7, 11) is -1.22. The van der Waals surface area contributed by atoms with E-state index in [1.807, 2.05) is 13.8 Å². The Balaban J connectivity index is 0.946. The summed E-state index contributed by atoms with van der Waals surface area (Å²) in [6, 6.07) is 6.24. The van der Waals surface area contributed by atoms with E-state index in [4.69, 9.17) is 24.2 Å². The highest BCUT2D eigenvalue weighted by Gasteiger charge is 2.41. The van der Waals surface area contributed by atoms with Crippen LogP contribution < -0.4 is 29.9 Å². The third-order valence-corrected chi connectivity index (χ3v) is 11.9. The van der Waals surface area contributed by atoms with Crippen molar-refractivity contribution in [2.75, 3.05) is 53.7 Å². The van der Waals surface area contributed by atoms with Gasteiger partial charge in [0.05, 0.1) is 34.4 Å². The van der Waals surface area contributed by atoms with E-state index in [1.165, 1.54) is 4.90 Å². The lowest BCUT2D eigenvalue weighted by Crippen LogP contribution is -2.50. The van der Waals surface area contributed by atoms with Crippen molar-refractivity contribution in [1.82, 2.24) is 25.3 Å². The second-order valence-electron chi connectivity index (χ2n) is 14.7. The SMILES string of the molecule is CCC(C)(C)Oc1cnc(C2CCN(c3nc4c(c(NC5(COC(=O)COc6ccc(N7CCC(=O)NC7=O)cc6)CCC5)n3)[S@](=O)CC4)CC2)nc1. The smallest absolute Gasteiger partial charge is 0.344 e. The summed E-state index contributed by atoms with van der Waals surface area (Å²) in [5.41, 5.74) is 0.603. The molecule has 0 spiro atoms. The molecular weight excluding hydrogens is 701 g/mol. The van der Waals surface area contributed by atoms with Gasteiger partial charge in [-0.15, -0.1) is 0 Å². The first-order valence-corrected chi connectivity index (χ1v) is 19.6. The molecule has 3 aromatic rings. The normalized spacial score (nSPS) is 19.9. The van der Waals surface area contributed by atoms with Crippen LogP contribution in [0.5, 0.6) is 11.5 Å². The van der Waals surface area contributed by atoms with Gasteiger partial charge in [0.2, 0.25) is 11.9 Å². The highest BCUT2D eigenvalue weighted by molar-refractivity contribution is 7.85. The fourth-order valence-corrected chi connectivity index (χ4v) is 8.13. The lowest BCUT2D eigenvalue weighted by molar-refractivity contribution is -0.148. The second-order valence-corrected chi connectivity index (χ2v) is 16.2. The van der Waals surface area contributed by atoms with E-state index < -0.39 is 28.3 Å². The molecule has 3 amide bonds. The van der Waals surface area contributed by atoms with Gasteiger partial charge in [-0.3, -0.25) is 19.2 Å². The molecule has 53 heavy (non-hydrogen) atoms. The molecule has 1 aromatic carbocycles. The molecule has 15 nitrogen and oxygen atoms in total. The maximum atomic E-state index is 13.1. The standard InChI is InChI=1S/C37H46N8O7S/c1-4-36(2,3)52-27-20-38-32(39-21-27)24-10-16-44(17-11-24)34-40-28-13-19-53(49)31(28)33(42-34)43-37(14-5-15-37)23-51-30(47)22-50-26-8-6-25(7-9-26)45-18-12-29(46)41-35(45)48/h6-9,20-21,24H,4-5,10-19,22-23H2,1-3H3,(H,40,42,43)(H,41,46,48)/t53-/m1/s1. The Morgan fingerprint density at radius 3 is 2.43 bits per heavy atom. The van der Waals surface area contributed by atoms with Gasteiger partial charge in [-0.05, 0) is 76.6 Å². The number of benzene rings is 1. The van der Waals surface area contributed by atoms with Crippen LogP contribution in [0.3, 0.4) is 0 Å². The molecule has 2 saturated heterocycles. The van der Waals surface area contributed by atoms with Gasteiger partial charge in [0, 0.05) is 49.8 Å². The van der Waals surface area contributed by atoms with Crippen molar-refractivity contribution in [2.24, 2.45) is 0 Å². The molecule has 0 bridgehead atoms. The molecule has 4 aliphatic rings. The topological polar surface area (TPSA) is 178 Å². The number of piperidine rings is 1. The number of anilines is 3. The van der Waals surface area contributed by atoms with Gasteiger partial charge >= 0.3 is 12.0 Å². The van der Waals surface area contributed by atoms with E-state index in [9.17, 15) is 18.6 Å². The molecule has 1 atom stereocenters. The Hall–Kier alpha value is -4.86. The number of rotatable bonds is 13. The third kappa shape index (κ3) is 8.37. The molecule has 0 radical (unpaired) electrons. The summed E-state index contributed by atoms with van der Waals surface area (Å²) in [5, 5.41) is 5.85. The van der Waals surface area contributed by atoms with Gasteiger partial charge in [-0.2, -0.15) is 4.98 Å². The maximum Gasteiger partial charge on any atom is 0.344 e. The number of aryl methyl sites for hydroxylation is 1. The number of esters is 1. The molecule has 16 heteroatoms. The number of hydrogen-bond acceptors (Lipinski definition) is 13. The van der Waals surface area contributed by atoms with Crippen LogP contribution >= 0.6 is 0 Å². The minimum atomic E-state index is -1.22. The first kappa shape index (κ1) is 36.5.